The highest BCUT2D eigenvalue weighted by Gasteiger charge is 2.25. The first-order valence-corrected chi connectivity index (χ1v) is 29.0. The molecule has 0 saturated heterocycles. The Balaban J connectivity index is 3.67. The fourth-order valence-corrected chi connectivity index (χ4v) is 9.29. The Kier molecular flexibility index (Phi) is 48.6. The topological polar surface area (TPSA) is 116 Å². The standard InChI is InChI=1S/C53H108NO6P/c1-3-5-7-9-11-13-15-17-19-21-22-23-24-25-26-27-28-29-30-31-32-33-35-37-39-41-43-45-47-49-53(56)54-51(50-60-61(57,58)59)52(55)48-46-44-42-40-38-36-34-20-18-16-14-12-10-8-6-4-2/h51-52,55H,3-50H2,1-2H3,(H,54,56)(H2,57,58,59)/t51-,52+/m0/s1. The number of aliphatic hydroxyl groups is 1. The summed E-state index contributed by atoms with van der Waals surface area (Å²) in [5.41, 5.74) is 0. The lowest BCUT2D eigenvalue weighted by Crippen LogP contribution is -2.46. The van der Waals surface area contributed by atoms with E-state index in [4.69, 9.17) is 4.52 Å². The Morgan fingerprint density at radius 2 is 0.639 bits per heavy atom. The molecule has 0 rings (SSSR count). The number of amides is 1. The van der Waals surface area contributed by atoms with Gasteiger partial charge in [-0.25, -0.2) is 4.57 Å². The van der Waals surface area contributed by atoms with Gasteiger partial charge >= 0.3 is 7.82 Å². The molecule has 0 bridgehead atoms. The summed E-state index contributed by atoms with van der Waals surface area (Å²) >= 11 is 0. The number of aliphatic hydroxyl groups excluding tert-OH is 1. The summed E-state index contributed by atoms with van der Waals surface area (Å²) in [5, 5.41) is 13.6. The maximum absolute atomic E-state index is 12.7. The summed E-state index contributed by atoms with van der Waals surface area (Å²) in [5.74, 6) is -0.185. The zero-order valence-electron chi connectivity index (χ0n) is 41.1. The molecule has 4 N–H and O–H groups in total. The monoisotopic (exact) mass is 886 g/mol. The molecule has 7 nitrogen and oxygen atoms in total. The van der Waals surface area contributed by atoms with Crippen LogP contribution in [0.5, 0.6) is 0 Å². The number of nitrogens with one attached hydrogen (secondary N) is 1. The first-order chi connectivity index (χ1) is 29.8. The van der Waals surface area contributed by atoms with Crippen molar-refractivity contribution in [1.82, 2.24) is 5.32 Å². The van der Waals surface area contributed by atoms with E-state index in [0.717, 1.165) is 38.5 Å². The van der Waals surface area contributed by atoms with E-state index in [-0.39, 0.29) is 5.91 Å². The van der Waals surface area contributed by atoms with Crippen LogP contribution < -0.4 is 5.32 Å². The molecule has 0 radical (unpaired) electrons. The minimum absolute atomic E-state index is 0.185. The largest absolute Gasteiger partial charge is 0.469 e. The Hall–Kier alpha value is -0.460. The van der Waals surface area contributed by atoms with Gasteiger partial charge in [-0.3, -0.25) is 9.32 Å². The second-order valence-electron chi connectivity index (χ2n) is 19.3. The molecule has 1 amide bonds. The van der Waals surface area contributed by atoms with Gasteiger partial charge in [-0.1, -0.05) is 296 Å². The van der Waals surface area contributed by atoms with Gasteiger partial charge in [-0.05, 0) is 12.8 Å². The second kappa shape index (κ2) is 49.0. The van der Waals surface area contributed by atoms with Gasteiger partial charge in [0.1, 0.15) is 0 Å². The Morgan fingerprint density at radius 3 is 0.885 bits per heavy atom. The van der Waals surface area contributed by atoms with Gasteiger partial charge in [0.05, 0.1) is 18.8 Å². The molecule has 0 aliphatic carbocycles. The number of phosphoric ester groups is 1. The molecule has 0 aromatic carbocycles. The highest BCUT2D eigenvalue weighted by molar-refractivity contribution is 7.46. The SMILES string of the molecule is CCCCCCCCCCCCCCCCCCCCCCCCCCCCCCCC(=O)N[C@@H](COP(=O)(O)O)[C@H](O)CCCCCCCCCCCCCCCCCC. The van der Waals surface area contributed by atoms with Crippen molar-refractivity contribution in [3.8, 4) is 0 Å². The molecule has 0 unspecified atom stereocenters. The molecular weight excluding hydrogens is 778 g/mol. The van der Waals surface area contributed by atoms with Crippen molar-refractivity contribution < 1.29 is 28.8 Å². The van der Waals surface area contributed by atoms with Crippen LogP contribution in [-0.4, -0.2) is 39.6 Å². The number of carbonyl (C=O) groups is 1. The van der Waals surface area contributed by atoms with Gasteiger partial charge in [0.2, 0.25) is 5.91 Å². The van der Waals surface area contributed by atoms with E-state index in [1.807, 2.05) is 0 Å². The van der Waals surface area contributed by atoms with E-state index >= 15 is 0 Å². The van der Waals surface area contributed by atoms with E-state index in [0.29, 0.717) is 12.8 Å². The summed E-state index contributed by atoms with van der Waals surface area (Å²) in [6.07, 6.45) is 59.9. The Labute approximate surface area is 380 Å². The van der Waals surface area contributed by atoms with Gasteiger partial charge in [0, 0.05) is 6.42 Å². The van der Waals surface area contributed by atoms with Crippen LogP contribution in [0.4, 0.5) is 0 Å². The fourth-order valence-electron chi connectivity index (χ4n) is 8.94. The summed E-state index contributed by atoms with van der Waals surface area (Å²) < 4.78 is 16.1. The normalized spacial score (nSPS) is 12.9. The summed E-state index contributed by atoms with van der Waals surface area (Å²) in [4.78, 5) is 31.1. The van der Waals surface area contributed by atoms with Crippen LogP contribution in [0.2, 0.25) is 0 Å². The highest BCUT2D eigenvalue weighted by atomic mass is 31.2. The van der Waals surface area contributed by atoms with E-state index in [1.165, 1.54) is 250 Å². The second-order valence-corrected chi connectivity index (χ2v) is 20.5. The van der Waals surface area contributed by atoms with Crippen molar-refractivity contribution in [2.75, 3.05) is 6.61 Å². The van der Waals surface area contributed by atoms with E-state index in [1.54, 1.807) is 0 Å². The number of unbranched alkanes of at least 4 members (excludes halogenated alkanes) is 43. The molecule has 2 atom stereocenters. The van der Waals surface area contributed by atoms with E-state index < -0.39 is 26.6 Å². The van der Waals surface area contributed by atoms with E-state index in [9.17, 15) is 24.3 Å². The lowest BCUT2D eigenvalue weighted by atomic mass is 10.0. The van der Waals surface area contributed by atoms with E-state index in [2.05, 4.69) is 19.2 Å². The molecule has 0 aromatic rings. The zero-order chi connectivity index (χ0) is 44.6. The number of carbonyl (C=O) groups excluding carboxylic acids is 1. The molecule has 366 valence electrons. The van der Waals surface area contributed by atoms with Crippen LogP contribution in [-0.2, 0) is 13.9 Å². The molecule has 0 fully saturated rings. The predicted octanol–water partition coefficient (Wildman–Crippen LogP) is 17.3. The molecule has 0 aromatic heterocycles. The lowest BCUT2D eigenvalue weighted by molar-refractivity contribution is -0.123. The van der Waals surface area contributed by atoms with Crippen molar-refractivity contribution in [3.05, 3.63) is 0 Å². The van der Waals surface area contributed by atoms with Crippen LogP contribution in [0, 0.1) is 0 Å². The summed E-state index contributed by atoms with van der Waals surface area (Å²) in [6, 6.07) is -0.819. The molecule has 0 heterocycles. The summed E-state index contributed by atoms with van der Waals surface area (Å²) in [6.45, 7) is 4.17. The third kappa shape index (κ3) is 50.4. The maximum Gasteiger partial charge on any atom is 0.469 e. The third-order valence-electron chi connectivity index (χ3n) is 13.1. The number of rotatable bonds is 52. The maximum atomic E-state index is 12.7. The first-order valence-electron chi connectivity index (χ1n) is 27.5. The quantitative estimate of drug-likeness (QED) is 0.0357. The molecule has 0 aliphatic rings. The molecule has 8 heteroatoms. The van der Waals surface area contributed by atoms with Crippen LogP contribution in [0.3, 0.4) is 0 Å². The van der Waals surface area contributed by atoms with Gasteiger partial charge in [0.25, 0.3) is 0 Å². The van der Waals surface area contributed by atoms with Crippen molar-refractivity contribution >= 4 is 13.7 Å². The highest BCUT2D eigenvalue weighted by Crippen LogP contribution is 2.36. The van der Waals surface area contributed by atoms with Crippen molar-refractivity contribution in [2.24, 2.45) is 0 Å². The minimum Gasteiger partial charge on any atom is -0.391 e. The Bertz CT molecular complexity index is 915. The van der Waals surface area contributed by atoms with Gasteiger partial charge in [0.15, 0.2) is 0 Å². The predicted molar refractivity (Wildman–Crippen MR) is 264 cm³/mol. The van der Waals surface area contributed by atoms with Crippen LogP contribution in [0.15, 0.2) is 0 Å². The molecule has 0 saturated carbocycles. The van der Waals surface area contributed by atoms with Gasteiger partial charge in [-0.2, -0.15) is 0 Å². The first kappa shape index (κ1) is 60.5. The zero-order valence-corrected chi connectivity index (χ0v) is 42.0. The number of hydrogen-bond donors (Lipinski definition) is 4. The van der Waals surface area contributed by atoms with Crippen LogP contribution in [0.1, 0.15) is 316 Å². The Morgan fingerprint density at radius 1 is 0.410 bits per heavy atom. The molecule has 61 heavy (non-hydrogen) atoms. The van der Waals surface area contributed by atoms with Crippen LogP contribution in [0.25, 0.3) is 0 Å². The minimum atomic E-state index is -4.69. The summed E-state index contributed by atoms with van der Waals surface area (Å²) in [7, 11) is -4.69. The van der Waals surface area contributed by atoms with Gasteiger partial charge in [-0.15, -0.1) is 0 Å². The smallest absolute Gasteiger partial charge is 0.391 e. The number of phosphoric acid groups is 1. The van der Waals surface area contributed by atoms with Gasteiger partial charge < -0.3 is 20.2 Å². The third-order valence-corrected chi connectivity index (χ3v) is 13.6. The van der Waals surface area contributed by atoms with Crippen molar-refractivity contribution in [1.29, 1.82) is 0 Å². The van der Waals surface area contributed by atoms with Crippen LogP contribution >= 0.6 is 7.82 Å². The van der Waals surface area contributed by atoms with Crippen molar-refractivity contribution in [2.45, 2.75) is 328 Å². The number of hydrogen-bond acceptors (Lipinski definition) is 4. The lowest BCUT2D eigenvalue weighted by Gasteiger charge is -2.24. The fraction of sp³-hybridized carbons (Fsp3) is 0.981. The molecule has 0 spiro atoms. The van der Waals surface area contributed by atoms with Crippen molar-refractivity contribution in [3.63, 3.8) is 0 Å². The average Bonchev–Trinajstić information content (AvgIpc) is 3.24. The molecule has 0 aliphatic heterocycles. The molecular formula is C53H108NO6P. The average molecular weight is 886 g/mol.